The maximum absolute atomic E-state index is 12.5. The summed E-state index contributed by atoms with van der Waals surface area (Å²) in [4.78, 5) is 23.6. The highest BCUT2D eigenvalue weighted by Gasteiger charge is 2.29. The third kappa shape index (κ3) is 6.18. The molecule has 2 rings (SSSR count). The van der Waals surface area contributed by atoms with Crippen LogP contribution in [-0.4, -0.2) is 18.4 Å². The van der Waals surface area contributed by atoms with Gasteiger partial charge in [-0.15, -0.1) is 0 Å². The van der Waals surface area contributed by atoms with Gasteiger partial charge in [-0.2, -0.15) is 13.2 Å². The Morgan fingerprint density at radius 3 is 2.12 bits per heavy atom. The van der Waals surface area contributed by atoms with Crippen molar-refractivity contribution in [3.8, 4) is 0 Å². The van der Waals surface area contributed by atoms with E-state index in [-0.39, 0.29) is 31.3 Å². The Morgan fingerprint density at radius 2 is 1.54 bits per heavy atom. The SMILES string of the molecule is O=C(CCNC(=O)c1ccc(Br)cc1)NCc1ccc(C(F)(F)F)cc1. The van der Waals surface area contributed by atoms with E-state index in [2.05, 4.69) is 26.6 Å². The van der Waals surface area contributed by atoms with E-state index in [1.807, 2.05) is 0 Å². The molecule has 138 valence electrons. The Hall–Kier alpha value is -2.35. The highest BCUT2D eigenvalue weighted by atomic mass is 79.9. The fourth-order valence-corrected chi connectivity index (χ4v) is 2.36. The van der Waals surface area contributed by atoms with Crippen molar-refractivity contribution in [3.63, 3.8) is 0 Å². The Morgan fingerprint density at radius 1 is 0.923 bits per heavy atom. The van der Waals surface area contributed by atoms with Crippen LogP contribution in [0.5, 0.6) is 0 Å². The minimum atomic E-state index is -4.38. The number of rotatable bonds is 6. The number of hydrogen-bond donors (Lipinski definition) is 2. The Balaban J connectivity index is 1.72. The van der Waals surface area contributed by atoms with Gasteiger partial charge in [0, 0.05) is 29.5 Å². The highest BCUT2D eigenvalue weighted by molar-refractivity contribution is 9.10. The molecule has 0 aliphatic rings. The van der Waals surface area contributed by atoms with E-state index < -0.39 is 11.7 Å². The standard InChI is InChI=1S/C18H16BrF3N2O2/c19-15-7-3-13(4-8-15)17(26)23-10-9-16(25)24-11-12-1-5-14(6-2-12)18(20,21)22/h1-8H,9-11H2,(H,23,26)(H,24,25). The van der Waals surface area contributed by atoms with E-state index in [1.165, 1.54) is 12.1 Å². The number of carbonyl (C=O) groups excluding carboxylic acids is 2. The Labute approximate surface area is 156 Å². The first kappa shape index (κ1) is 20.0. The largest absolute Gasteiger partial charge is 0.416 e. The first-order valence-corrected chi connectivity index (χ1v) is 8.51. The highest BCUT2D eigenvalue weighted by Crippen LogP contribution is 2.29. The normalized spacial score (nSPS) is 11.1. The van der Waals surface area contributed by atoms with Gasteiger partial charge >= 0.3 is 6.18 Å². The Kier molecular flexibility index (Phi) is 6.79. The maximum Gasteiger partial charge on any atom is 0.416 e. The average Bonchev–Trinajstić information content (AvgIpc) is 2.60. The number of alkyl halides is 3. The molecule has 0 heterocycles. The Bertz CT molecular complexity index is 760. The van der Waals surface area contributed by atoms with Crippen LogP contribution >= 0.6 is 15.9 Å². The smallest absolute Gasteiger partial charge is 0.352 e. The van der Waals surface area contributed by atoms with Gasteiger partial charge in [0.15, 0.2) is 0 Å². The van der Waals surface area contributed by atoms with Gasteiger partial charge in [0.2, 0.25) is 5.91 Å². The van der Waals surface area contributed by atoms with Gasteiger partial charge in [0.1, 0.15) is 0 Å². The first-order chi connectivity index (χ1) is 12.3. The number of benzene rings is 2. The zero-order chi connectivity index (χ0) is 19.2. The fourth-order valence-electron chi connectivity index (χ4n) is 2.09. The predicted molar refractivity (Wildman–Crippen MR) is 94.4 cm³/mol. The first-order valence-electron chi connectivity index (χ1n) is 7.72. The van der Waals surface area contributed by atoms with E-state index in [0.29, 0.717) is 11.1 Å². The summed E-state index contributed by atoms with van der Waals surface area (Å²) >= 11 is 3.28. The summed E-state index contributed by atoms with van der Waals surface area (Å²) in [5.41, 5.74) is 0.312. The van der Waals surface area contributed by atoms with Crippen LogP contribution in [-0.2, 0) is 17.5 Å². The molecule has 2 aromatic carbocycles. The third-order valence-corrected chi connectivity index (χ3v) is 4.04. The molecular formula is C18H16BrF3N2O2. The summed E-state index contributed by atoms with van der Waals surface area (Å²) in [6, 6.07) is 11.4. The molecule has 0 aliphatic heterocycles. The topological polar surface area (TPSA) is 58.2 Å². The molecular weight excluding hydrogens is 413 g/mol. The van der Waals surface area contributed by atoms with Gasteiger partial charge in [-0.05, 0) is 42.0 Å². The second-order valence-electron chi connectivity index (χ2n) is 5.48. The number of amides is 2. The van der Waals surface area contributed by atoms with Crippen molar-refractivity contribution in [2.45, 2.75) is 19.1 Å². The van der Waals surface area contributed by atoms with Crippen LogP contribution < -0.4 is 10.6 Å². The van der Waals surface area contributed by atoms with E-state index >= 15 is 0 Å². The monoisotopic (exact) mass is 428 g/mol. The van der Waals surface area contributed by atoms with Crippen molar-refractivity contribution in [2.75, 3.05) is 6.54 Å². The maximum atomic E-state index is 12.5. The number of hydrogen-bond acceptors (Lipinski definition) is 2. The number of halogens is 4. The summed E-state index contributed by atoms with van der Waals surface area (Å²) in [5, 5.41) is 5.23. The second kappa shape index (κ2) is 8.84. The lowest BCUT2D eigenvalue weighted by molar-refractivity contribution is -0.137. The van der Waals surface area contributed by atoms with Gasteiger partial charge < -0.3 is 10.6 Å². The quantitative estimate of drug-likeness (QED) is 0.732. The minimum Gasteiger partial charge on any atom is -0.352 e. The van der Waals surface area contributed by atoms with Crippen LogP contribution in [0.25, 0.3) is 0 Å². The lowest BCUT2D eigenvalue weighted by Crippen LogP contribution is -2.30. The fraction of sp³-hybridized carbons (Fsp3) is 0.222. The van der Waals surface area contributed by atoms with Crippen molar-refractivity contribution in [3.05, 3.63) is 69.7 Å². The van der Waals surface area contributed by atoms with Crippen LogP contribution in [0, 0.1) is 0 Å². The molecule has 0 atom stereocenters. The molecule has 4 nitrogen and oxygen atoms in total. The summed E-state index contributed by atoms with van der Waals surface area (Å²) in [7, 11) is 0. The third-order valence-electron chi connectivity index (χ3n) is 3.51. The molecule has 0 unspecified atom stereocenters. The van der Waals surface area contributed by atoms with Gasteiger partial charge in [-0.25, -0.2) is 0 Å². The van der Waals surface area contributed by atoms with E-state index in [0.717, 1.165) is 16.6 Å². The van der Waals surface area contributed by atoms with Gasteiger partial charge in [-0.1, -0.05) is 28.1 Å². The lowest BCUT2D eigenvalue weighted by Gasteiger charge is -2.09. The van der Waals surface area contributed by atoms with Crippen LogP contribution in [0.2, 0.25) is 0 Å². The zero-order valence-corrected chi connectivity index (χ0v) is 15.2. The molecule has 0 saturated carbocycles. The van der Waals surface area contributed by atoms with Crippen molar-refractivity contribution in [1.29, 1.82) is 0 Å². The summed E-state index contributed by atoms with van der Waals surface area (Å²) < 4.78 is 38.3. The minimum absolute atomic E-state index is 0.0723. The van der Waals surface area contributed by atoms with Crippen LogP contribution in [0.1, 0.15) is 27.9 Å². The van der Waals surface area contributed by atoms with Gasteiger partial charge in [0.25, 0.3) is 5.91 Å². The summed E-state index contributed by atoms with van der Waals surface area (Å²) in [6.45, 7) is 0.283. The molecule has 2 aromatic rings. The van der Waals surface area contributed by atoms with E-state index in [4.69, 9.17) is 0 Å². The molecule has 0 saturated heterocycles. The summed E-state index contributed by atoms with van der Waals surface area (Å²) in [6.07, 6.45) is -4.31. The molecule has 0 bridgehead atoms. The summed E-state index contributed by atoms with van der Waals surface area (Å²) in [5.74, 6) is -0.589. The molecule has 0 fully saturated rings. The van der Waals surface area contributed by atoms with Gasteiger partial charge in [-0.3, -0.25) is 9.59 Å². The van der Waals surface area contributed by atoms with E-state index in [9.17, 15) is 22.8 Å². The predicted octanol–water partition coefficient (Wildman–Crippen LogP) is 3.90. The molecule has 0 aliphatic carbocycles. The van der Waals surface area contributed by atoms with Crippen LogP contribution in [0.3, 0.4) is 0 Å². The molecule has 2 N–H and O–H groups in total. The zero-order valence-electron chi connectivity index (χ0n) is 13.6. The molecule has 8 heteroatoms. The van der Waals surface area contributed by atoms with Crippen molar-refractivity contribution < 1.29 is 22.8 Å². The second-order valence-corrected chi connectivity index (χ2v) is 6.40. The van der Waals surface area contributed by atoms with Crippen molar-refractivity contribution in [1.82, 2.24) is 10.6 Å². The molecule has 2 amide bonds. The van der Waals surface area contributed by atoms with Gasteiger partial charge in [0.05, 0.1) is 5.56 Å². The number of carbonyl (C=O) groups is 2. The average molecular weight is 429 g/mol. The molecule has 26 heavy (non-hydrogen) atoms. The lowest BCUT2D eigenvalue weighted by atomic mass is 10.1. The molecule has 0 spiro atoms. The van der Waals surface area contributed by atoms with Crippen LogP contribution in [0.4, 0.5) is 13.2 Å². The van der Waals surface area contributed by atoms with Crippen molar-refractivity contribution in [2.24, 2.45) is 0 Å². The van der Waals surface area contributed by atoms with Crippen LogP contribution in [0.15, 0.2) is 53.0 Å². The molecule has 0 radical (unpaired) electrons. The van der Waals surface area contributed by atoms with Crippen molar-refractivity contribution >= 4 is 27.7 Å². The van der Waals surface area contributed by atoms with E-state index in [1.54, 1.807) is 24.3 Å². The molecule has 0 aromatic heterocycles. The number of nitrogens with one attached hydrogen (secondary N) is 2.